The Morgan fingerprint density at radius 3 is 2.56 bits per heavy atom. The fourth-order valence-electron chi connectivity index (χ4n) is 1.22. The summed E-state index contributed by atoms with van der Waals surface area (Å²) in [5, 5.41) is 2.51. The first-order valence-electron chi connectivity index (χ1n) is 5.73. The SMILES string of the molecule is CCOC(=O)CNC(=O)CSc1ccc(C)cc1. The average molecular weight is 267 g/mol. The second kappa shape index (κ2) is 7.76. The standard InChI is InChI=1S/C13H17NO3S/c1-3-17-13(16)8-14-12(15)9-18-11-6-4-10(2)5-7-11/h4-7H,3,8-9H2,1-2H3,(H,14,15). The van der Waals surface area contributed by atoms with Gasteiger partial charge in [0.05, 0.1) is 12.4 Å². The number of nitrogens with one attached hydrogen (secondary N) is 1. The molecule has 0 spiro atoms. The molecule has 0 aliphatic heterocycles. The van der Waals surface area contributed by atoms with E-state index in [1.165, 1.54) is 17.3 Å². The van der Waals surface area contributed by atoms with Crippen LogP contribution in [0, 0.1) is 6.92 Å². The second-order valence-corrected chi connectivity index (χ2v) is 4.73. The summed E-state index contributed by atoms with van der Waals surface area (Å²) >= 11 is 1.44. The molecule has 1 aromatic carbocycles. The van der Waals surface area contributed by atoms with Crippen LogP contribution in [-0.2, 0) is 14.3 Å². The van der Waals surface area contributed by atoms with Crippen molar-refractivity contribution in [3.05, 3.63) is 29.8 Å². The number of carbonyl (C=O) groups excluding carboxylic acids is 2. The molecule has 0 unspecified atom stereocenters. The van der Waals surface area contributed by atoms with Crippen molar-refractivity contribution in [3.8, 4) is 0 Å². The quantitative estimate of drug-likeness (QED) is 0.630. The summed E-state index contributed by atoms with van der Waals surface area (Å²) in [6, 6.07) is 7.94. The van der Waals surface area contributed by atoms with E-state index in [0.717, 1.165) is 4.90 Å². The predicted molar refractivity (Wildman–Crippen MR) is 71.5 cm³/mol. The van der Waals surface area contributed by atoms with E-state index < -0.39 is 5.97 Å². The van der Waals surface area contributed by atoms with Crippen molar-refractivity contribution in [2.24, 2.45) is 0 Å². The van der Waals surface area contributed by atoms with Gasteiger partial charge in [-0.25, -0.2) is 0 Å². The number of benzene rings is 1. The van der Waals surface area contributed by atoms with Crippen molar-refractivity contribution in [3.63, 3.8) is 0 Å². The molecule has 98 valence electrons. The van der Waals surface area contributed by atoms with Crippen molar-refractivity contribution in [2.45, 2.75) is 18.7 Å². The Labute approximate surface area is 111 Å². The number of amides is 1. The fraction of sp³-hybridized carbons (Fsp3) is 0.385. The molecule has 18 heavy (non-hydrogen) atoms. The van der Waals surface area contributed by atoms with Crippen LogP contribution in [0.3, 0.4) is 0 Å². The lowest BCUT2D eigenvalue weighted by Gasteiger charge is -2.05. The van der Waals surface area contributed by atoms with Crippen LogP contribution in [0.25, 0.3) is 0 Å². The molecule has 0 saturated carbocycles. The highest BCUT2D eigenvalue weighted by Gasteiger charge is 2.06. The van der Waals surface area contributed by atoms with Crippen LogP contribution < -0.4 is 5.32 Å². The minimum absolute atomic E-state index is 0.0683. The summed E-state index contributed by atoms with van der Waals surface area (Å²) in [5.41, 5.74) is 1.19. The predicted octanol–water partition coefficient (Wildman–Crippen LogP) is 1.77. The summed E-state index contributed by atoms with van der Waals surface area (Å²) in [5.74, 6) is -0.289. The third-order valence-corrected chi connectivity index (χ3v) is 3.14. The van der Waals surface area contributed by atoms with Gasteiger partial charge in [-0.2, -0.15) is 0 Å². The molecule has 1 aromatic rings. The third kappa shape index (κ3) is 5.72. The molecule has 0 fully saturated rings. The highest BCUT2D eigenvalue weighted by molar-refractivity contribution is 8.00. The molecular formula is C13H17NO3S. The Kier molecular flexibility index (Phi) is 6.28. The van der Waals surface area contributed by atoms with E-state index in [1.807, 2.05) is 31.2 Å². The van der Waals surface area contributed by atoms with Gasteiger partial charge in [0.2, 0.25) is 5.91 Å². The van der Waals surface area contributed by atoms with Crippen molar-refractivity contribution >= 4 is 23.6 Å². The Hall–Kier alpha value is -1.49. The Balaban J connectivity index is 2.24. The van der Waals surface area contributed by atoms with Crippen molar-refractivity contribution in [2.75, 3.05) is 18.9 Å². The number of hydrogen-bond donors (Lipinski definition) is 1. The van der Waals surface area contributed by atoms with Gasteiger partial charge in [0.25, 0.3) is 0 Å². The maximum absolute atomic E-state index is 11.5. The lowest BCUT2D eigenvalue weighted by Crippen LogP contribution is -2.31. The van der Waals surface area contributed by atoms with Crippen LogP contribution >= 0.6 is 11.8 Å². The zero-order valence-corrected chi connectivity index (χ0v) is 11.4. The highest BCUT2D eigenvalue weighted by atomic mass is 32.2. The Bertz CT molecular complexity index is 403. The van der Waals surface area contributed by atoms with E-state index in [0.29, 0.717) is 12.4 Å². The van der Waals surface area contributed by atoms with E-state index in [9.17, 15) is 9.59 Å². The summed E-state index contributed by atoms with van der Waals surface area (Å²) in [6.07, 6.45) is 0. The molecule has 5 heteroatoms. The van der Waals surface area contributed by atoms with Crippen LogP contribution in [0.15, 0.2) is 29.2 Å². The lowest BCUT2D eigenvalue weighted by molar-refractivity contribution is -0.143. The van der Waals surface area contributed by atoms with Crippen LogP contribution in [0.1, 0.15) is 12.5 Å². The van der Waals surface area contributed by atoms with Gasteiger partial charge >= 0.3 is 5.97 Å². The maximum atomic E-state index is 11.5. The second-order valence-electron chi connectivity index (χ2n) is 3.68. The van der Waals surface area contributed by atoms with Crippen molar-refractivity contribution in [1.82, 2.24) is 5.32 Å². The van der Waals surface area contributed by atoms with E-state index in [1.54, 1.807) is 6.92 Å². The Morgan fingerprint density at radius 1 is 1.28 bits per heavy atom. The zero-order chi connectivity index (χ0) is 13.4. The molecular weight excluding hydrogens is 250 g/mol. The Morgan fingerprint density at radius 2 is 1.94 bits per heavy atom. The minimum Gasteiger partial charge on any atom is -0.465 e. The van der Waals surface area contributed by atoms with E-state index in [2.05, 4.69) is 5.32 Å². The molecule has 0 aliphatic rings. The summed E-state index contributed by atoms with van der Waals surface area (Å²) in [6.45, 7) is 4.00. The van der Waals surface area contributed by atoms with Crippen LogP contribution in [-0.4, -0.2) is 30.8 Å². The van der Waals surface area contributed by atoms with E-state index in [-0.39, 0.29) is 12.5 Å². The molecule has 0 aromatic heterocycles. The van der Waals surface area contributed by atoms with Gasteiger partial charge in [0, 0.05) is 4.90 Å². The summed E-state index contributed by atoms with van der Waals surface area (Å²) in [7, 11) is 0. The molecule has 1 amide bonds. The molecule has 0 radical (unpaired) electrons. The number of aryl methyl sites for hydroxylation is 1. The number of hydrogen-bond acceptors (Lipinski definition) is 4. The maximum Gasteiger partial charge on any atom is 0.325 e. The number of thioether (sulfide) groups is 1. The molecule has 0 saturated heterocycles. The topological polar surface area (TPSA) is 55.4 Å². The molecule has 1 N–H and O–H groups in total. The van der Waals surface area contributed by atoms with Gasteiger partial charge in [0.1, 0.15) is 6.54 Å². The van der Waals surface area contributed by atoms with Crippen LogP contribution in [0.2, 0.25) is 0 Å². The molecule has 0 atom stereocenters. The van der Waals surface area contributed by atoms with Gasteiger partial charge in [-0.15, -0.1) is 11.8 Å². The van der Waals surface area contributed by atoms with Gasteiger partial charge in [-0.05, 0) is 26.0 Å². The molecule has 0 heterocycles. The van der Waals surface area contributed by atoms with Crippen LogP contribution in [0.4, 0.5) is 0 Å². The van der Waals surface area contributed by atoms with Crippen LogP contribution in [0.5, 0.6) is 0 Å². The third-order valence-electron chi connectivity index (χ3n) is 2.13. The number of carbonyl (C=O) groups is 2. The summed E-state index contributed by atoms with van der Waals surface area (Å²) in [4.78, 5) is 23.5. The van der Waals surface area contributed by atoms with E-state index in [4.69, 9.17) is 4.74 Å². The summed E-state index contributed by atoms with van der Waals surface area (Å²) < 4.78 is 4.71. The minimum atomic E-state index is -0.411. The molecule has 4 nitrogen and oxygen atoms in total. The van der Waals surface area contributed by atoms with Crippen molar-refractivity contribution in [1.29, 1.82) is 0 Å². The average Bonchev–Trinajstić information content (AvgIpc) is 2.36. The zero-order valence-electron chi connectivity index (χ0n) is 10.6. The molecule has 0 aliphatic carbocycles. The van der Waals surface area contributed by atoms with Gasteiger partial charge in [-0.3, -0.25) is 9.59 Å². The lowest BCUT2D eigenvalue weighted by atomic mass is 10.2. The van der Waals surface area contributed by atoms with Gasteiger partial charge < -0.3 is 10.1 Å². The smallest absolute Gasteiger partial charge is 0.325 e. The van der Waals surface area contributed by atoms with Crippen molar-refractivity contribution < 1.29 is 14.3 Å². The molecule has 1 rings (SSSR count). The first kappa shape index (κ1) is 14.6. The van der Waals surface area contributed by atoms with E-state index >= 15 is 0 Å². The first-order valence-corrected chi connectivity index (χ1v) is 6.72. The normalized spacial score (nSPS) is 9.89. The fourth-order valence-corrected chi connectivity index (χ4v) is 1.95. The first-order chi connectivity index (χ1) is 8.61. The monoisotopic (exact) mass is 267 g/mol. The number of esters is 1. The van der Waals surface area contributed by atoms with Gasteiger partial charge in [-0.1, -0.05) is 17.7 Å². The molecule has 0 bridgehead atoms. The number of ether oxygens (including phenoxy) is 1. The van der Waals surface area contributed by atoms with Gasteiger partial charge in [0.15, 0.2) is 0 Å². The highest BCUT2D eigenvalue weighted by Crippen LogP contribution is 2.17. The number of rotatable bonds is 6. The largest absolute Gasteiger partial charge is 0.465 e.